The average molecular weight is 262 g/mol. The van der Waals surface area contributed by atoms with E-state index in [4.69, 9.17) is 4.74 Å². The Balaban J connectivity index is 1.97. The third-order valence-electron chi connectivity index (χ3n) is 3.23. The van der Waals surface area contributed by atoms with Crippen molar-refractivity contribution in [3.05, 3.63) is 23.4 Å². The lowest BCUT2D eigenvalue weighted by Crippen LogP contribution is -2.44. The Kier molecular flexibility index (Phi) is 2.48. The monoisotopic (exact) mass is 262 g/mol. The Morgan fingerprint density at radius 1 is 1.33 bits per heavy atom. The quantitative estimate of drug-likeness (QED) is 0.728. The molecule has 1 aromatic heterocycles. The van der Waals surface area contributed by atoms with Gasteiger partial charge in [-0.25, -0.2) is 9.37 Å². The number of hydrogen-bond acceptors (Lipinski definition) is 3. The summed E-state index contributed by atoms with van der Waals surface area (Å²) in [6, 6.07) is 1.80. The van der Waals surface area contributed by atoms with Crippen molar-refractivity contribution in [2.75, 3.05) is 6.54 Å². The fraction of sp³-hybridized carbons (Fsp3) is 0.545. The number of rotatable bonds is 0. The van der Waals surface area contributed by atoms with Crippen molar-refractivity contribution < 1.29 is 22.3 Å². The van der Waals surface area contributed by atoms with Gasteiger partial charge in [0.2, 0.25) is 5.88 Å². The van der Waals surface area contributed by atoms with Crippen LogP contribution in [0.25, 0.3) is 0 Å². The molecule has 0 spiro atoms. The van der Waals surface area contributed by atoms with Gasteiger partial charge in [-0.1, -0.05) is 0 Å². The Labute approximate surface area is 100 Å². The first-order valence-corrected chi connectivity index (χ1v) is 5.59. The molecule has 3 rings (SSSR count). The number of piperidine rings is 1. The van der Waals surface area contributed by atoms with Crippen LogP contribution in [0, 0.1) is 0 Å². The molecule has 0 aromatic carbocycles. The van der Waals surface area contributed by atoms with Gasteiger partial charge in [0.05, 0.1) is 6.04 Å². The molecule has 2 aliphatic rings. The van der Waals surface area contributed by atoms with Crippen molar-refractivity contribution in [2.45, 2.75) is 30.9 Å². The zero-order valence-electron chi connectivity index (χ0n) is 9.17. The number of hydrogen-bond donors (Lipinski definition) is 1. The van der Waals surface area contributed by atoms with E-state index in [1.54, 1.807) is 0 Å². The molecule has 98 valence electrons. The van der Waals surface area contributed by atoms with Crippen LogP contribution in [0.1, 0.15) is 23.7 Å². The average Bonchev–Trinajstić information content (AvgIpc) is 2.67. The van der Waals surface area contributed by atoms with E-state index in [1.165, 1.54) is 6.07 Å². The van der Waals surface area contributed by atoms with Crippen molar-refractivity contribution in [3.63, 3.8) is 0 Å². The van der Waals surface area contributed by atoms with Gasteiger partial charge in [0, 0.05) is 5.56 Å². The number of nitrogens with one attached hydrogen (secondary N) is 1. The van der Waals surface area contributed by atoms with Crippen LogP contribution in [0.5, 0.6) is 5.88 Å². The molecule has 0 unspecified atom stereocenters. The van der Waals surface area contributed by atoms with Crippen LogP contribution in [-0.2, 0) is 6.18 Å². The fourth-order valence-electron chi connectivity index (χ4n) is 2.36. The van der Waals surface area contributed by atoms with Gasteiger partial charge >= 0.3 is 6.18 Å². The van der Waals surface area contributed by atoms with E-state index in [0.717, 1.165) is 6.07 Å². The molecule has 18 heavy (non-hydrogen) atoms. The predicted molar refractivity (Wildman–Crippen MR) is 53.9 cm³/mol. The van der Waals surface area contributed by atoms with E-state index in [-0.39, 0.29) is 5.88 Å². The topological polar surface area (TPSA) is 34.2 Å². The first kappa shape index (κ1) is 11.7. The molecule has 0 amide bonds. The van der Waals surface area contributed by atoms with Crippen LogP contribution in [0.15, 0.2) is 12.1 Å². The van der Waals surface area contributed by atoms with Gasteiger partial charge in [-0.05, 0) is 25.1 Å². The van der Waals surface area contributed by atoms with E-state index >= 15 is 0 Å². The van der Waals surface area contributed by atoms with Crippen LogP contribution in [0.4, 0.5) is 17.6 Å². The van der Waals surface area contributed by atoms with Gasteiger partial charge < -0.3 is 10.1 Å². The highest BCUT2D eigenvalue weighted by Gasteiger charge is 2.44. The highest BCUT2D eigenvalue weighted by molar-refractivity contribution is 5.37. The lowest BCUT2D eigenvalue weighted by atomic mass is 9.96. The molecule has 1 aromatic rings. The van der Waals surface area contributed by atoms with Gasteiger partial charge in [0.25, 0.3) is 0 Å². The zero-order chi connectivity index (χ0) is 12.9. The fourth-order valence-corrected chi connectivity index (χ4v) is 2.36. The van der Waals surface area contributed by atoms with Gasteiger partial charge in [0.15, 0.2) is 6.10 Å². The molecular formula is C11H10F4N2O. The molecule has 3 heterocycles. The van der Waals surface area contributed by atoms with Crippen molar-refractivity contribution in [1.29, 1.82) is 0 Å². The standard InChI is InChI=1S/C11H10F4N2O/c12-6-3-4-16-8-5-1-2-7(11(13,14)15)17-10(5)18-9(6)8/h1-2,6,8-9,16H,3-4H2/t6-,8-,9-/m1/s1. The van der Waals surface area contributed by atoms with E-state index in [1.807, 2.05) is 0 Å². The van der Waals surface area contributed by atoms with Gasteiger partial charge in [-0.15, -0.1) is 0 Å². The number of halogens is 4. The molecule has 1 saturated heterocycles. The van der Waals surface area contributed by atoms with Crippen molar-refractivity contribution >= 4 is 0 Å². The second-order valence-corrected chi connectivity index (χ2v) is 4.41. The summed E-state index contributed by atoms with van der Waals surface area (Å²) in [5.74, 6) is -0.114. The smallest absolute Gasteiger partial charge is 0.433 e. The zero-order valence-corrected chi connectivity index (χ0v) is 9.17. The SMILES string of the molecule is F[C@@H]1CCN[C@@H]2c3ccc(C(F)(F)F)nc3O[C@H]12. The molecule has 0 saturated carbocycles. The molecule has 1 N–H and O–H groups in total. The predicted octanol–water partition coefficient (Wildman–Crippen LogP) is 2.23. The minimum Gasteiger partial charge on any atom is -0.469 e. The van der Waals surface area contributed by atoms with Crippen molar-refractivity contribution in [3.8, 4) is 5.88 Å². The summed E-state index contributed by atoms with van der Waals surface area (Å²) in [4.78, 5) is 3.43. The second kappa shape index (κ2) is 3.81. The Hall–Kier alpha value is -1.37. The maximum absolute atomic E-state index is 13.6. The molecule has 3 atom stereocenters. The number of aromatic nitrogens is 1. The number of nitrogens with zero attached hydrogens (tertiary/aromatic N) is 1. The van der Waals surface area contributed by atoms with Crippen LogP contribution in [0.2, 0.25) is 0 Å². The molecule has 0 bridgehead atoms. The number of ether oxygens (including phenoxy) is 1. The van der Waals surface area contributed by atoms with Crippen molar-refractivity contribution in [1.82, 2.24) is 10.3 Å². The summed E-state index contributed by atoms with van der Waals surface area (Å²) in [7, 11) is 0. The minimum absolute atomic E-state index is 0.114. The second-order valence-electron chi connectivity index (χ2n) is 4.41. The van der Waals surface area contributed by atoms with Crippen LogP contribution >= 0.6 is 0 Å². The molecule has 0 radical (unpaired) electrons. The van der Waals surface area contributed by atoms with E-state index in [9.17, 15) is 17.6 Å². The maximum atomic E-state index is 13.6. The van der Waals surface area contributed by atoms with Gasteiger partial charge in [-0.3, -0.25) is 0 Å². The summed E-state index contributed by atoms with van der Waals surface area (Å²) in [5, 5.41) is 3.04. The Bertz CT molecular complexity index is 477. The first-order valence-electron chi connectivity index (χ1n) is 5.59. The van der Waals surface area contributed by atoms with E-state index in [0.29, 0.717) is 18.5 Å². The van der Waals surface area contributed by atoms with E-state index < -0.39 is 30.2 Å². The summed E-state index contributed by atoms with van der Waals surface area (Å²) in [6.07, 6.45) is -6.18. The lowest BCUT2D eigenvalue weighted by molar-refractivity contribution is -0.141. The molecule has 2 aliphatic heterocycles. The molecule has 0 aliphatic carbocycles. The lowest BCUT2D eigenvalue weighted by Gasteiger charge is -2.28. The third kappa shape index (κ3) is 1.73. The molecule has 7 heteroatoms. The summed E-state index contributed by atoms with van der Waals surface area (Å²) in [6.45, 7) is 0.478. The van der Waals surface area contributed by atoms with Crippen LogP contribution in [-0.4, -0.2) is 23.8 Å². The van der Waals surface area contributed by atoms with Gasteiger partial charge in [0.1, 0.15) is 11.9 Å². The first-order chi connectivity index (χ1) is 8.47. The Morgan fingerprint density at radius 2 is 2.11 bits per heavy atom. The maximum Gasteiger partial charge on any atom is 0.433 e. The molecule has 3 nitrogen and oxygen atoms in total. The van der Waals surface area contributed by atoms with Crippen LogP contribution < -0.4 is 10.1 Å². The summed E-state index contributed by atoms with van der Waals surface area (Å²) >= 11 is 0. The highest BCUT2D eigenvalue weighted by Crippen LogP contribution is 2.41. The number of pyridine rings is 1. The largest absolute Gasteiger partial charge is 0.469 e. The van der Waals surface area contributed by atoms with Crippen molar-refractivity contribution in [2.24, 2.45) is 0 Å². The van der Waals surface area contributed by atoms with Crippen LogP contribution in [0.3, 0.4) is 0 Å². The normalized spacial score (nSPS) is 30.6. The summed E-state index contributed by atoms with van der Waals surface area (Å²) in [5.41, 5.74) is -0.523. The minimum atomic E-state index is -4.52. The summed E-state index contributed by atoms with van der Waals surface area (Å²) < 4.78 is 56.3. The molecule has 1 fully saturated rings. The molecular weight excluding hydrogens is 252 g/mol. The third-order valence-corrected chi connectivity index (χ3v) is 3.23. The number of alkyl halides is 4. The highest BCUT2D eigenvalue weighted by atomic mass is 19.4. The van der Waals surface area contributed by atoms with E-state index in [2.05, 4.69) is 10.3 Å². The Morgan fingerprint density at radius 3 is 2.83 bits per heavy atom. The number of fused-ring (bicyclic) bond motifs is 3. The van der Waals surface area contributed by atoms with Gasteiger partial charge in [-0.2, -0.15) is 13.2 Å².